The van der Waals surface area contributed by atoms with E-state index in [9.17, 15) is 9.59 Å². The number of nitrogens with one attached hydrogen (secondary N) is 1. The van der Waals surface area contributed by atoms with Crippen molar-refractivity contribution >= 4 is 11.8 Å². The van der Waals surface area contributed by atoms with Crippen molar-refractivity contribution < 1.29 is 14.6 Å². The van der Waals surface area contributed by atoms with Crippen LogP contribution >= 0.6 is 0 Å². The van der Waals surface area contributed by atoms with Gasteiger partial charge in [0.2, 0.25) is 5.43 Å². The number of aromatic nitrogens is 4. The minimum atomic E-state index is -1.14. The van der Waals surface area contributed by atoms with Crippen LogP contribution in [0.25, 0.3) is 5.69 Å². The average molecular weight is 369 g/mol. The summed E-state index contributed by atoms with van der Waals surface area (Å²) in [6.07, 6.45) is 4.21. The molecule has 9 heteroatoms. The number of carboxylic acid groups (broad SMARTS) is 1. The van der Waals surface area contributed by atoms with Crippen LogP contribution in [0.1, 0.15) is 11.3 Å². The zero-order valence-electron chi connectivity index (χ0n) is 14.7. The second-order valence-corrected chi connectivity index (χ2v) is 5.83. The van der Waals surface area contributed by atoms with E-state index in [0.29, 0.717) is 24.5 Å². The van der Waals surface area contributed by atoms with Crippen molar-refractivity contribution in [1.82, 2.24) is 19.6 Å². The highest BCUT2D eigenvalue weighted by Crippen LogP contribution is 2.13. The first-order valence-electron chi connectivity index (χ1n) is 8.24. The van der Waals surface area contributed by atoms with Gasteiger partial charge in [-0.3, -0.25) is 14.8 Å². The van der Waals surface area contributed by atoms with E-state index >= 15 is 0 Å². The quantitative estimate of drug-likeness (QED) is 0.656. The van der Waals surface area contributed by atoms with Gasteiger partial charge in [-0.05, 0) is 17.7 Å². The topological polar surface area (TPSA) is 111 Å². The van der Waals surface area contributed by atoms with Gasteiger partial charge >= 0.3 is 6.09 Å². The number of carbonyl (C=O) groups is 1. The summed E-state index contributed by atoms with van der Waals surface area (Å²) < 4.78 is 8.35. The molecule has 0 saturated heterocycles. The molecule has 3 aromatic rings. The smallest absolute Gasteiger partial charge is 0.409 e. The van der Waals surface area contributed by atoms with Crippen LogP contribution in [0.2, 0.25) is 0 Å². The molecule has 0 aliphatic rings. The summed E-state index contributed by atoms with van der Waals surface area (Å²) in [5.74, 6) is 0. The molecule has 0 aliphatic heterocycles. The number of amides is 1. The highest BCUT2D eigenvalue weighted by molar-refractivity contribution is 5.82. The van der Waals surface area contributed by atoms with Crippen molar-refractivity contribution in [2.75, 3.05) is 19.0 Å². The molecule has 0 unspecified atom stereocenters. The van der Waals surface area contributed by atoms with Gasteiger partial charge in [0, 0.05) is 31.5 Å². The summed E-state index contributed by atoms with van der Waals surface area (Å²) >= 11 is 0. The molecule has 0 radical (unpaired) electrons. The van der Waals surface area contributed by atoms with E-state index in [1.807, 2.05) is 12.3 Å². The normalized spacial score (nSPS) is 10.7. The van der Waals surface area contributed by atoms with Crippen LogP contribution in [0.5, 0.6) is 0 Å². The van der Waals surface area contributed by atoms with Crippen LogP contribution in [-0.2, 0) is 17.7 Å². The van der Waals surface area contributed by atoms with Crippen molar-refractivity contribution in [1.29, 1.82) is 0 Å². The lowest BCUT2D eigenvalue weighted by atomic mass is 10.1. The maximum atomic E-state index is 12.2. The van der Waals surface area contributed by atoms with Crippen LogP contribution in [0.4, 0.5) is 10.5 Å². The largest absolute Gasteiger partial charge is 0.465 e. The van der Waals surface area contributed by atoms with Crippen LogP contribution in [0.15, 0.2) is 53.7 Å². The van der Waals surface area contributed by atoms with Gasteiger partial charge in [0.25, 0.3) is 0 Å². The number of methoxy groups -OCH3 is 1. The Morgan fingerprint density at radius 3 is 2.96 bits per heavy atom. The first-order valence-corrected chi connectivity index (χ1v) is 8.24. The van der Waals surface area contributed by atoms with Crippen LogP contribution in [0.3, 0.4) is 0 Å². The molecule has 1 aromatic carbocycles. The summed E-state index contributed by atoms with van der Waals surface area (Å²) in [5, 5.41) is 19.8. The van der Waals surface area contributed by atoms with E-state index < -0.39 is 6.09 Å². The number of nitrogens with zero attached hydrogens (tertiary/aromatic N) is 4. The number of anilines is 1. The Morgan fingerprint density at radius 1 is 1.33 bits per heavy atom. The fourth-order valence-corrected chi connectivity index (χ4v) is 2.57. The molecule has 27 heavy (non-hydrogen) atoms. The Balaban J connectivity index is 1.82. The first kappa shape index (κ1) is 18.3. The maximum Gasteiger partial charge on any atom is 0.409 e. The summed E-state index contributed by atoms with van der Waals surface area (Å²) in [4.78, 5) is 23.0. The second kappa shape index (κ2) is 8.28. The van der Waals surface area contributed by atoms with Gasteiger partial charge in [-0.2, -0.15) is 10.2 Å². The maximum absolute atomic E-state index is 12.2. The molecule has 140 valence electrons. The molecule has 0 atom stereocenters. The molecule has 2 N–H and O–H groups in total. The van der Waals surface area contributed by atoms with Gasteiger partial charge in [-0.1, -0.05) is 12.1 Å². The van der Waals surface area contributed by atoms with E-state index in [1.165, 1.54) is 6.07 Å². The first-order chi connectivity index (χ1) is 13.0. The van der Waals surface area contributed by atoms with Crippen LogP contribution in [0, 0.1) is 0 Å². The molecule has 3 rings (SSSR count). The highest BCUT2D eigenvalue weighted by Gasteiger charge is 2.08. The highest BCUT2D eigenvalue weighted by atomic mass is 16.5. The van der Waals surface area contributed by atoms with Crippen LogP contribution < -0.4 is 10.7 Å². The minimum Gasteiger partial charge on any atom is -0.465 e. The number of benzene rings is 1. The van der Waals surface area contributed by atoms with Gasteiger partial charge in [-0.15, -0.1) is 0 Å². The molecule has 1 amide bonds. The van der Waals surface area contributed by atoms with Crippen molar-refractivity contribution in [2.24, 2.45) is 0 Å². The predicted octanol–water partition coefficient (Wildman–Crippen LogP) is 1.76. The summed E-state index contributed by atoms with van der Waals surface area (Å²) in [6.45, 7) is 1.16. The number of hydrogen-bond donors (Lipinski definition) is 2. The Labute approximate surface area is 154 Å². The van der Waals surface area contributed by atoms with Gasteiger partial charge in [0.05, 0.1) is 25.5 Å². The predicted molar refractivity (Wildman–Crippen MR) is 98.4 cm³/mol. The Hall–Kier alpha value is -3.46. The molecule has 0 fully saturated rings. The molecule has 2 aromatic heterocycles. The summed E-state index contributed by atoms with van der Waals surface area (Å²) in [7, 11) is 1.63. The Bertz CT molecular complexity index is 995. The molecular weight excluding hydrogens is 350 g/mol. The third-order valence-corrected chi connectivity index (χ3v) is 3.84. The number of hydrogen-bond acceptors (Lipinski definition) is 5. The summed E-state index contributed by atoms with van der Waals surface area (Å²) in [6, 6.07) is 8.31. The SMILES string of the molecule is COCCn1cc(-n2ccc(=O)c(Cc3cccc(NC(=O)O)c3)n2)cn1. The molecule has 0 aliphatic carbocycles. The van der Waals surface area contributed by atoms with Crippen molar-refractivity contribution in [2.45, 2.75) is 13.0 Å². The molecule has 0 bridgehead atoms. The number of rotatable bonds is 7. The lowest BCUT2D eigenvalue weighted by molar-refractivity contribution is 0.183. The zero-order valence-corrected chi connectivity index (χ0v) is 14.7. The monoisotopic (exact) mass is 369 g/mol. The fraction of sp³-hybridized carbons (Fsp3) is 0.222. The number of ether oxygens (including phenoxy) is 1. The third kappa shape index (κ3) is 4.79. The van der Waals surface area contributed by atoms with E-state index in [4.69, 9.17) is 9.84 Å². The molecule has 2 heterocycles. The Kier molecular flexibility index (Phi) is 5.62. The lowest BCUT2D eigenvalue weighted by Gasteiger charge is -2.07. The van der Waals surface area contributed by atoms with E-state index in [-0.39, 0.29) is 11.8 Å². The van der Waals surface area contributed by atoms with Crippen molar-refractivity contribution in [3.8, 4) is 5.69 Å². The van der Waals surface area contributed by atoms with Gasteiger partial charge in [-0.25, -0.2) is 9.48 Å². The molecule has 0 spiro atoms. The van der Waals surface area contributed by atoms with E-state index in [1.54, 1.807) is 47.1 Å². The second-order valence-electron chi connectivity index (χ2n) is 5.83. The zero-order chi connectivity index (χ0) is 19.2. The van der Waals surface area contributed by atoms with E-state index in [2.05, 4.69) is 15.5 Å². The average Bonchev–Trinajstić information content (AvgIpc) is 3.10. The van der Waals surface area contributed by atoms with Crippen LogP contribution in [-0.4, -0.2) is 44.5 Å². The van der Waals surface area contributed by atoms with Crippen molar-refractivity contribution in [3.63, 3.8) is 0 Å². The van der Waals surface area contributed by atoms with Gasteiger partial charge in [0.1, 0.15) is 11.4 Å². The van der Waals surface area contributed by atoms with Crippen molar-refractivity contribution in [3.05, 3.63) is 70.4 Å². The standard InChI is InChI=1S/C18H19N5O4/c1-27-8-7-22-12-15(11-19-22)23-6-5-17(24)16(21-23)10-13-3-2-4-14(9-13)20-18(25)26/h2-6,9,11-12,20H,7-8,10H2,1H3,(H,25,26). The van der Waals surface area contributed by atoms with E-state index in [0.717, 1.165) is 11.3 Å². The summed E-state index contributed by atoms with van der Waals surface area (Å²) in [5.41, 5.74) is 2.12. The molecule has 0 saturated carbocycles. The lowest BCUT2D eigenvalue weighted by Crippen LogP contribution is -2.16. The molecule has 9 nitrogen and oxygen atoms in total. The Morgan fingerprint density at radius 2 is 2.19 bits per heavy atom. The van der Waals surface area contributed by atoms with Gasteiger partial charge in [0.15, 0.2) is 0 Å². The minimum absolute atomic E-state index is 0.186. The van der Waals surface area contributed by atoms with Gasteiger partial charge < -0.3 is 9.84 Å². The fourth-order valence-electron chi connectivity index (χ4n) is 2.57. The molecular formula is C18H19N5O4. The third-order valence-electron chi connectivity index (χ3n) is 3.84.